The summed E-state index contributed by atoms with van der Waals surface area (Å²) < 4.78 is 24.5. The minimum atomic E-state index is -1.07. The summed E-state index contributed by atoms with van der Waals surface area (Å²) in [4.78, 5) is 12.2. The maximum Gasteiger partial charge on any atom is 0.446 e. The number of anilines is 1. The van der Waals surface area contributed by atoms with Gasteiger partial charge in [0.25, 0.3) is 0 Å². The van der Waals surface area contributed by atoms with Gasteiger partial charge in [0.05, 0.1) is 10.2 Å². The molecule has 2 N–H and O–H groups in total. The first-order chi connectivity index (χ1) is 13.8. The SMILES string of the molecule is C[Si](C)(C)CCNCCNc1nonc1-c1noc(=O)n1-c1ccc(F)c(Br)c1. The summed E-state index contributed by atoms with van der Waals surface area (Å²) in [6, 6.07) is 5.31. The minimum Gasteiger partial charge on any atom is -0.364 e. The third-order valence-corrected chi connectivity index (χ3v) is 6.47. The van der Waals surface area contributed by atoms with Gasteiger partial charge in [-0.3, -0.25) is 4.52 Å². The molecule has 0 aliphatic carbocycles. The van der Waals surface area contributed by atoms with Crippen LogP contribution < -0.4 is 16.4 Å². The zero-order valence-corrected chi connectivity index (χ0v) is 18.9. The summed E-state index contributed by atoms with van der Waals surface area (Å²) in [6.07, 6.45) is 0. The molecule has 0 aliphatic rings. The molecule has 0 fully saturated rings. The van der Waals surface area contributed by atoms with Crippen molar-refractivity contribution >= 4 is 29.8 Å². The highest BCUT2D eigenvalue weighted by molar-refractivity contribution is 9.10. The highest BCUT2D eigenvalue weighted by atomic mass is 79.9. The maximum absolute atomic E-state index is 13.5. The summed E-state index contributed by atoms with van der Waals surface area (Å²) in [5.74, 6) is -0.753. The number of aromatic nitrogens is 4. The molecule has 9 nitrogen and oxygen atoms in total. The Kier molecular flexibility index (Phi) is 6.65. The van der Waals surface area contributed by atoms with Crippen molar-refractivity contribution in [2.24, 2.45) is 0 Å². The zero-order chi connectivity index (χ0) is 21.0. The van der Waals surface area contributed by atoms with Crippen molar-refractivity contribution in [2.75, 3.05) is 25.0 Å². The van der Waals surface area contributed by atoms with Crippen molar-refractivity contribution in [3.05, 3.63) is 39.0 Å². The molecule has 0 unspecified atom stereocenters. The van der Waals surface area contributed by atoms with E-state index in [1.807, 2.05) is 0 Å². The van der Waals surface area contributed by atoms with Crippen LogP contribution in [0, 0.1) is 5.82 Å². The van der Waals surface area contributed by atoms with E-state index in [1.165, 1.54) is 28.8 Å². The largest absolute Gasteiger partial charge is 0.446 e. The number of benzene rings is 1. The molecule has 29 heavy (non-hydrogen) atoms. The van der Waals surface area contributed by atoms with E-state index >= 15 is 0 Å². The van der Waals surface area contributed by atoms with E-state index < -0.39 is 19.6 Å². The first-order valence-electron chi connectivity index (χ1n) is 9.08. The van der Waals surface area contributed by atoms with Gasteiger partial charge in [-0.05, 0) is 57.0 Å². The molecule has 2 aromatic heterocycles. The molecule has 0 bridgehead atoms. The Bertz CT molecular complexity index is 1030. The molecule has 0 saturated carbocycles. The molecule has 0 saturated heterocycles. The van der Waals surface area contributed by atoms with Gasteiger partial charge in [0.1, 0.15) is 5.82 Å². The van der Waals surface area contributed by atoms with Gasteiger partial charge in [0.2, 0.25) is 11.6 Å². The highest BCUT2D eigenvalue weighted by Crippen LogP contribution is 2.26. The fourth-order valence-corrected chi connectivity index (χ4v) is 3.85. The lowest BCUT2D eigenvalue weighted by Gasteiger charge is -2.15. The Morgan fingerprint density at radius 2 is 1.97 bits per heavy atom. The van der Waals surface area contributed by atoms with E-state index in [0.717, 1.165) is 13.1 Å². The van der Waals surface area contributed by atoms with Gasteiger partial charge in [-0.15, -0.1) is 0 Å². The molecule has 0 radical (unpaired) electrons. The van der Waals surface area contributed by atoms with Crippen LogP contribution in [0.2, 0.25) is 25.7 Å². The average molecular weight is 485 g/mol. The molecule has 3 rings (SSSR count). The van der Waals surface area contributed by atoms with Gasteiger partial charge in [-0.2, -0.15) is 0 Å². The van der Waals surface area contributed by atoms with Crippen LogP contribution in [-0.2, 0) is 0 Å². The summed E-state index contributed by atoms with van der Waals surface area (Å²) in [5, 5.41) is 18.0. The van der Waals surface area contributed by atoms with Crippen molar-refractivity contribution in [3.63, 3.8) is 0 Å². The molecule has 3 aromatic rings. The molecule has 12 heteroatoms. The van der Waals surface area contributed by atoms with E-state index in [4.69, 9.17) is 9.15 Å². The molecule has 1 aromatic carbocycles. The van der Waals surface area contributed by atoms with Crippen molar-refractivity contribution in [2.45, 2.75) is 25.7 Å². The van der Waals surface area contributed by atoms with Gasteiger partial charge < -0.3 is 10.6 Å². The molecular formula is C17H22BrFN6O3Si. The Morgan fingerprint density at radius 1 is 1.17 bits per heavy atom. The van der Waals surface area contributed by atoms with E-state index in [9.17, 15) is 9.18 Å². The van der Waals surface area contributed by atoms with Crippen LogP contribution in [0.5, 0.6) is 0 Å². The molecule has 156 valence electrons. The standard InChI is InChI=1S/C17H22BrFN6O3Si/c1-29(2,3)9-8-20-6-7-21-15-14(22-28-23-15)16-24-27-17(26)25(16)11-4-5-13(19)12(18)10-11/h4-5,10,20H,6-9H2,1-3H3,(H,21,23). The Labute approximate surface area is 175 Å². The van der Waals surface area contributed by atoms with E-state index in [0.29, 0.717) is 18.1 Å². The van der Waals surface area contributed by atoms with Gasteiger partial charge in [0, 0.05) is 21.2 Å². The zero-order valence-electron chi connectivity index (χ0n) is 16.3. The van der Waals surface area contributed by atoms with Crippen LogP contribution in [0.4, 0.5) is 10.2 Å². The van der Waals surface area contributed by atoms with Crippen molar-refractivity contribution in [3.8, 4) is 17.2 Å². The van der Waals surface area contributed by atoms with Gasteiger partial charge in [-0.25, -0.2) is 18.4 Å². The van der Waals surface area contributed by atoms with E-state index in [1.54, 1.807) is 0 Å². The summed E-state index contributed by atoms with van der Waals surface area (Å²) in [7, 11) is -1.07. The number of hydrogen-bond donors (Lipinski definition) is 2. The van der Waals surface area contributed by atoms with Crippen molar-refractivity contribution in [1.29, 1.82) is 0 Å². The minimum absolute atomic E-state index is 0.101. The topological polar surface area (TPSA) is 111 Å². The van der Waals surface area contributed by atoms with E-state index in [-0.39, 0.29) is 16.0 Å². The second-order valence-corrected chi connectivity index (χ2v) is 14.1. The Hall–Kier alpha value is -2.31. The van der Waals surface area contributed by atoms with Crippen molar-refractivity contribution in [1.82, 2.24) is 25.4 Å². The number of nitrogens with one attached hydrogen (secondary N) is 2. The fourth-order valence-electron chi connectivity index (χ4n) is 2.56. The smallest absolute Gasteiger partial charge is 0.364 e. The normalized spacial score (nSPS) is 11.8. The predicted octanol–water partition coefficient (Wildman–Crippen LogP) is 3.12. The molecule has 0 amide bonds. The van der Waals surface area contributed by atoms with Gasteiger partial charge in [0.15, 0.2) is 5.69 Å². The third kappa shape index (κ3) is 5.39. The van der Waals surface area contributed by atoms with Crippen LogP contribution in [0.3, 0.4) is 0 Å². The summed E-state index contributed by atoms with van der Waals surface area (Å²) >= 11 is 3.11. The molecule has 2 heterocycles. The lowest BCUT2D eigenvalue weighted by Crippen LogP contribution is -2.29. The van der Waals surface area contributed by atoms with Crippen molar-refractivity contribution < 1.29 is 13.5 Å². The van der Waals surface area contributed by atoms with E-state index in [2.05, 4.69) is 61.7 Å². The Morgan fingerprint density at radius 3 is 2.69 bits per heavy atom. The number of halogens is 2. The third-order valence-electron chi connectivity index (χ3n) is 4.11. The molecule has 0 atom stereocenters. The average Bonchev–Trinajstić information content (AvgIpc) is 3.25. The van der Waals surface area contributed by atoms with Gasteiger partial charge in [-0.1, -0.05) is 24.8 Å². The second kappa shape index (κ2) is 9.01. The van der Waals surface area contributed by atoms with Crippen LogP contribution in [0.25, 0.3) is 17.2 Å². The molecular weight excluding hydrogens is 463 g/mol. The quantitative estimate of drug-likeness (QED) is 0.352. The predicted molar refractivity (Wildman–Crippen MR) is 113 cm³/mol. The summed E-state index contributed by atoms with van der Waals surface area (Å²) in [5.41, 5.74) is 0.583. The van der Waals surface area contributed by atoms with Crippen LogP contribution in [0.1, 0.15) is 0 Å². The lowest BCUT2D eigenvalue weighted by molar-refractivity contribution is 0.309. The first kappa shape index (κ1) is 21.4. The van der Waals surface area contributed by atoms with Gasteiger partial charge >= 0.3 is 5.76 Å². The monoisotopic (exact) mass is 484 g/mol. The first-order valence-corrected chi connectivity index (χ1v) is 13.6. The number of hydrogen-bond acceptors (Lipinski definition) is 8. The number of nitrogens with zero attached hydrogens (tertiary/aromatic N) is 4. The van der Waals surface area contributed by atoms with Crippen LogP contribution in [-0.4, -0.2) is 47.7 Å². The lowest BCUT2D eigenvalue weighted by atomic mass is 10.3. The number of rotatable bonds is 9. The Balaban J connectivity index is 1.73. The second-order valence-electron chi connectivity index (χ2n) is 7.65. The molecule has 0 aliphatic heterocycles. The fraction of sp³-hybridized carbons (Fsp3) is 0.412. The molecule has 0 spiro atoms. The highest BCUT2D eigenvalue weighted by Gasteiger charge is 2.23. The maximum atomic E-state index is 13.5. The van der Waals surface area contributed by atoms with Crippen LogP contribution >= 0.6 is 15.9 Å². The van der Waals surface area contributed by atoms with Crippen LogP contribution in [0.15, 0.2) is 36.6 Å². The summed E-state index contributed by atoms with van der Waals surface area (Å²) in [6.45, 7) is 9.26.